The van der Waals surface area contributed by atoms with Crippen molar-refractivity contribution in [1.82, 2.24) is 20.0 Å². The lowest BCUT2D eigenvalue weighted by molar-refractivity contribution is 0.0782. The van der Waals surface area contributed by atoms with Crippen molar-refractivity contribution in [3.8, 4) is 0 Å². The Morgan fingerprint density at radius 2 is 1.79 bits per heavy atom. The third-order valence-corrected chi connectivity index (χ3v) is 5.67. The lowest BCUT2D eigenvalue weighted by atomic mass is 9.92. The molecule has 1 atom stereocenters. The van der Waals surface area contributed by atoms with Crippen LogP contribution in [0.15, 0.2) is 66.9 Å². The Morgan fingerprint density at radius 1 is 1.10 bits per heavy atom. The van der Waals surface area contributed by atoms with E-state index in [1.165, 1.54) is 5.56 Å². The lowest BCUT2D eigenvalue weighted by Crippen LogP contribution is -2.35. The Kier molecular flexibility index (Phi) is 6.06. The summed E-state index contributed by atoms with van der Waals surface area (Å²) in [4.78, 5) is 17.3. The fourth-order valence-corrected chi connectivity index (χ4v) is 4.19. The van der Waals surface area contributed by atoms with Crippen LogP contribution in [0.4, 0.5) is 0 Å². The molecule has 1 amide bonds. The lowest BCUT2D eigenvalue weighted by Gasteiger charge is -2.32. The number of nitrogens with one attached hydrogen (secondary N) is 1. The van der Waals surface area contributed by atoms with Gasteiger partial charge in [0.05, 0.1) is 17.5 Å². The van der Waals surface area contributed by atoms with Crippen LogP contribution in [-0.4, -0.2) is 46.0 Å². The third-order valence-electron chi connectivity index (χ3n) is 5.67. The predicted octanol–water partition coefficient (Wildman–Crippen LogP) is 4.06. The molecule has 5 nitrogen and oxygen atoms in total. The summed E-state index contributed by atoms with van der Waals surface area (Å²) in [5.74, 6) is 0.330. The van der Waals surface area contributed by atoms with Crippen LogP contribution in [0, 0.1) is 0 Å². The quantitative estimate of drug-likeness (QED) is 0.693. The fourth-order valence-electron chi connectivity index (χ4n) is 4.19. The standard InChI is InChI=1S/C24H28N4O/c1-27(16-19-9-4-2-5-10-19)24(29)22-15-25-26-23(22)21-13-8-14-28(18-21)17-20-11-6-3-7-12-20/h2-7,9-12,15,21H,8,13-14,16-18H2,1H3,(H,25,26)/t21-/m1/s1. The number of aromatic nitrogens is 2. The third kappa shape index (κ3) is 4.74. The molecule has 0 spiro atoms. The molecule has 2 heterocycles. The number of likely N-dealkylation sites (tertiary alicyclic amines) is 1. The maximum Gasteiger partial charge on any atom is 0.257 e. The maximum absolute atomic E-state index is 13.1. The van der Waals surface area contributed by atoms with Gasteiger partial charge in [0.15, 0.2) is 0 Å². The number of piperidine rings is 1. The van der Waals surface area contributed by atoms with E-state index in [0.717, 1.165) is 43.7 Å². The molecule has 5 heteroatoms. The average Bonchev–Trinajstić information content (AvgIpc) is 3.25. The van der Waals surface area contributed by atoms with Gasteiger partial charge in [0.2, 0.25) is 0 Å². The van der Waals surface area contributed by atoms with E-state index in [9.17, 15) is 4.79 Å². The first-order valence-electron chi connectivity index (χ1n) is 10.3. The van der Waals surface area contributed by atoms with E-state index in [1.807, 2.05) is 37.4 Å². The molecule has 3 aromatic rings. The molecule has 0 saturated carbocycles. The summed E-state index contributed by atoms with van der Waals surface area (Å²) >= 11 is 0. The number of rotatable bonds is 6. The van der Waals surface area contributed by atoms with Crippen LogP contribution >= 0.6 is 0 Å². The summed E-state index contributed by atoms with van der Waals surface area (Å²) < 4.78 is 0. The van der Waals surface area contributed by atoms with E-state index in [0.29, 0.717) is 18.0 Å². The molecular weight excluding hydrogens is 360 g/mol. The van der Waals surface area contributed by atoms with Gasteiger partial charge in [-0.1, -0.05) is 60.7 Å². The van der Waals surface area contributed by atoms with Crippen LogP contribution in [0.25, 0.3) is 0 Å². The Balaban J connectivity index is 1.44. The highest BCUT2D eigenvalue weighted by atomic mass is 16.2. The number of carbonyl (C=O) groups is 1. The van der Waals surface area contributed by atoms with Crippen molar-refractivity contribution < 1.29 is 4.79 Å². The van der Waals surface area contributed by atoms with Crippen molar-refractivity contribution in [3.05, 3.63) is 89.2 Å². The Hall–Kier alpha value is -2.92. The molecule has 1 aliphatic heterocycles. The molecule has 1 fully saturated rings. The predicted molar refractivity (Wildman–Crippen MR) is 115 cm³/mol. The van der Waals surface area contributed by atoms with E-state index >= 15 is 0 Å². The van der Waals surface area contributed by atoms with Crippen LogP contribution < -0.4 is 0 Å². The van der Waals surface area contributed by atoms with E-state index < -0.39 is 0 Å². The van der Waals surface area contributed by atoms with Gasteiger partial charge in [0, 0.05) is 32.6 Å². The molecule has 1 aromatic heterocycles. The van der Waals surface area contributed by atoms with E-state index in [4.69, 9.17) is 0 Å². The first kappa shape index (κ1) is 19.4. The molecular formula is C24H28N4O. The molecule has 1 aliphatic rings. The van der Waals surface area contributed by atoms with Crippen molar-refractivity contribution in [2.24, 2.45) is 0 Å². The highest BCUT2D eigenvalue weighted by Crippen LogP contribution is 2.29. The summed E-state index contributed by atoms with van der Waals surface area (Å²) in [6, 6.07) is 20.7. The number of hydrogen-bond acceptors (Lipinski definition) is 3. The first-order chi connectivity index (χ1) is 14.2. The maximum atomic E-state index is 13.1. The minimum Gasteiger partial charge on any atom is -0.337 e. The van der Waals surface area contributed by atoms with Gasteiger partial charge < -0.3 is 4.90 Å². The minimum atomic E-state index is 0.0257. The molecule has 4 rings (SSSR count). The molecule has 150 valence electrons. The SMILES string of the molecule is CN(Cc1ccccc1)C(=O)c1cn[nH]c1[C@@H]1CCCN(Cc2ccccc2)C1. The number of hydrogen-bond donors (Lipinski definition) is 1. The average molecular weight is 389 g/mol. The van der Waals surface area contributed by atoms with Crippen molar-refractivity contribution in [2.75, 3.05) is 20.1 Å². The van der Waals surface area contributed by atoms with E-state index in [1.54, 1.807) is 11.1 Å². The van der Waals surface area contributed by atoms with Crippen LogP contribution in [-0.2, 0) is 13.1 Å². The minimum absolute atomic E-state index is 0.0257. The normalized spacial score (nSPS) is 17.2. The van der Waals surface area contributed by atoms with Gasteiger partial charge in [-0.2, -0.15) is 5.10 Å². The second-order valence-corrected chi connectivity index (χ2v) is 7.90. The largest absolute Gasteiger partial charge is 0.337 e. The van der Waals surface area contributed by atoms with Gasteiger partial charge in [0.25, 0.3) is 5.91 Å². The second kappa shape index (κ2) is 9.05. The van der Waals surface area contributed by atoms with Crippen molar-refractivity contribution in [3.63, 3.8) is 0 Å². The monoisotopic (exact) mass is 388 g/mol. The van der Waals surface area contributed by atoms with Gasteiger partial charge in [0.1, 0.15) is 0 Å². The van der Waals surface area contributed by atoms with Crippen molar-refractivity contribution in [2.45, 2.75) is 31.8 Å². The highest BCUT2D eigenvalue weighted by molar-refractivity contribution is 5.95. The summed E-state index contributed by atoms with van der Waals surface area (Å²) in [7, 11) is 1.86. The second-order valence-electron chi connectivity index (χ2n) is 7.90. The summed E-state index contributed by atoms with van der Waals surface area (Å²) in [6.45, 7) is 3.58. The van der Waals surface area contributed by atoms with Gasteiger partial charge >= 0.3 is 0 Å². The Bertz CT molecular complexity index is 922. The number of aromatic amines is 1. The molecule has 0 bridgehead atoms. The van der Waals surface area contributed by atoms with Crippen molar-refractivity contribution in [1.29, 1.82) is 0 Å². The number of carbonyl (C=O) groups excluding carboxylic acids is 1. The molecule has 1 saturated heterocycles. The Labute approximate surface area is 172 Å². The van der Waals surface area contributed by atoms with Gasteiger partial charge in [-0.25, -0.2) is 0 Å². The Morgan fingerprint density at radius 3 is 2.52 bits per heavy atom. The zero-order valence-corrected chi connectivity index (χ0v) is 16.9. The van der Waals surface area contributed by atoms with Gasteiger partial charge in [-0.05, 0) is 30.5 Å². The van der Waals surface area contributed by atoms with Crippen LogP contribution in [0.1, 0.15) is 45.9 Å². The van der Waals surface area contributed by atoms with Crippen LogP contribution in [0.5, 0.6) is 0 Å². The number of amides is 1. The first-order valence-corrected chi connectivity index (χ1v) is 10.3. The zero-order valence-electron chi connectivity index (χ0n) is 16.9. The fraction of sp³-hybridized carbons (Fsp3) is 0.333. The number of benzene rings is 2. The molecule has 1 N–H and O–H groups in total. The molecule has 0 radical (unpaired) electrons. The van der Waals surface area contributed by atoms with Crippen molar-refractivity contribution >= 4 is 5.91 Å². The summed E-state index contributed by atoms with van der Waals surface area (Å²) in [6.07, 6.45) is 3.90. The summed E-state index contributed by atoms with van der Waals surface area (Å²) in [5, 5.41) is 7.36. The summed E-state index contributed by atoms with van der Waals surface area (Å²) in [5.41, 5.74) is 4.14. The van der Waals surface area contributed by atoms with Crippen LogP contribution in [0.3, 0.4) is 0 Å². The molecule has 0 unspecified atom stereocenters. The molecule has 2 aromatic carbocycles. The van der Waals surface area contributed by atoms with E-state index in [-0.39, 0.29) is 5.91 Å². The topological polar surface area (TPSA) is 52.2 Å². The van der Waals surface area contributed by atoms with Gasteiger partial charge in [-0.3, -0.25) is 14.8 Å². The smallest absolute Gasteiger partial charge is 0.257 e. The van der Waals surface area contributed by atoms with Gasteiger partial charge in [-0.15, -0.1) is 0 Å². The zero-order chi connectivity index (χ0) is 20.1. The number of H-pyrrole nitrogens is 1. The number of nitrogens with zero attached hydrogens (tertiary/aromatic N) is 3. The molecule has 29 heavy (non-hydrogen) atoms. The van der Waals surface area contributed by atoms with E-state index in [2.05, 4.69) is 45.4 Å². The van der Waals surface area contributed by atoms with Crippen LogP contribution in [0.2, 0.25) is 0 Å². The highest BCUT2D eigenvalue weighted by Gasteiger charge is 2.28. The molecule has 0 aliphatic carbocycles.